The van der Waals surface area contributed by atoms with Crippen molar-refractivity contribution in [3.05, 3.63) is 91.0 Å². The van der Waals surface area contributed by atoms with Crippen LogP contribution in [0.2, 0.25) is 0 Å². The molecule has 0 unspecified atom stereocenters. The molecule has 1 fully saturated rings. The predicted octanol–water partition coefficient (Wildman–Crippen LogP) is 4.30. The molecule has 3 heterocycles. The Labute approximate surface area is 199 Å². The second-order valence-corrected chi connectivity index (χ2v) is 8.14. The largest absolute Gasteiger partial charge is 0.494 e. The highest BCUT2D eigenvalue weighted by Crippen LogP contribution is 2.24. The van der Waals surface area contributed by atoms with Crippen LogP contribution in [0.3, 0.4) is 0 Å². The zero-order valence-electron chi connectivity index (χ0n) is 19.2. The molecule has 1 amide bonds. The number of anilines is 1. The Morgan fingerprint density at radius 1 is 0.912 bits per heavy atom. The molecule has 2 aromatic heterocycles. The summed E-state index contributed by atoms with van der Waals surface area (Å²) in [4.78, 5) is 26.1. The molecule has 0 radical (unpaired) electrons. The molecule has 0 saturated carbocycles. The van der Waals surface area contributed by atoms with Gasteiger partial charge in [0.2, 0.25) is 0 Å². The fourth-order valence-corrected chi connectivity index (χ4v) is 4.17. The van der Waals surface area contributed by atoms with Gasteiger partial charge in [0.15, 0.2) is 0 Å². The fraction of sp³-hybridized carbons (Fsp3) is 0.222. The van der Waals surface area contributed by atoms with Crippen molar-refractivity contribution in [3.63, 3.8) is 0 Å². The van der Waals surface area contributed by atoms with Gasteiger partial charge in [-0.3, -0.25) is 4.79 Å². The number of piperazine rings is 1. The highest BCUT2D eigenvalue weighted by atomic mass is 16.5. The predicted molar refractivity (Wildman–Crippen MR) is 133 cm³/mol. The number of hydrogen-bond donors (Lipinski definition) is 0. The van der Waals surface area contributed by atoms with Crippen LogP contribution in [-0.4, -0.2) is 58.1 Å². The molecule has 0 bridgehead atoms. The van der Waals surface area contributed by atoms with Gasteiger partial charge >= 0.3 is 0 Å². The SMILES string of the molecule is CCOc1ccc(-c2cc(N3CCN(C(=O)c4ccc(-n5cccc5)cc4)CC3)ncn2)cc1. The quantitative estimate of drug-likeness (QED) is 0.436. The van der Waals surface area contributed by atoms with Crippen molar-refractivity contribution in [3.8, 4) is 22.7 Å². The average Bonchev–Trinajstić information content (AvgIpc) is 3.44. The van der Waals surface area contributed by atoms with Crippen molar-refractivity contribution in [2.75, 3.05) is 37.7 Å². The third-order valence-corrected chi connectivity index (χ3v) is 6.02. The maximum atomic E-state index is 13.0. The monoisotopic (exact) mass is 453 g/mol. The van der Waals surface area contributed by atoms with Crippen LogP contribution in [0.15, 0.2) is 85.5 Å². The van der Waals surface area contributed by atoms with Crippen molar-refractivity contribution < 1.29 is 9.53 Å². The summed E-state index contributed by atoms with van der Waals surface area (Å²) >= 11 is 0. The summed E-state index contributed by atoms with van der Waals surface area (Å²) in [6.07, 6.45) is 5.58. The lowest BCUT2D eigenvalue weighted by molar-refractivity contribution is 0.0746. The van der Waals surface area contributed by atoms with Crippen molar-refractivity contribution in [2.45, 2.75) is 6.92 Å². The van der Waals surface area contributed by atoms with Crippen LogP contribution in [0.4, 0.5) is 5.82 Å². The van der Waals surface area contributed by atoms with E-state index in [-0.39, 0.29) is 5.91 Å². The Morgan fingerprint density at radius 3 is 2.29 bits per heavy atom. The van der Waals surface area contributed by atoms with Crippen LogP contribution in [0.25, 0.3) is 16.9 Å². The van der Waals surface area contributed by atoms with Crippen molar-refractivity contribution in [1.29, 1.82) is 0 Å². The van der Waals surface area contributed by atoms with E-state index < -0.39 is 0 Å². The Morgan fingerprint density at radius 2 is 1.62 bits per heavy atom. The van der Waals surface area contributed by atoms with Gasteiger partial charge in [0.1, 0.15) is 17.9 Å². The van der Waals surface area contributed by atoms with Crippen molar-refractivity contribution >= 4 is 11.7 Å². The molecule has 7 nitrogen and oxygen atoms in total. The van der Waals surface area contributed by atoms with Crippen LogP contribution in [-0.2, 0) is 0 Å². The highest BCUT2D eigenvalue weighted by molar-refractivity contribution is 5.94. The first-order valence-corrected chi connectivity index (χ1v) is 11.5. The maximum Gasteiger partial charge on any atom is 0.253 e. The topological polar surface area (TPSA) is 63.5 Å². The molecule has 0 atom stereocenters. The van der Waals surface area contributed by atoms with Crippen molar-refractivity contribution in [2.24, 2.45) is 0 Å². The molecule has 0 N–H and O–H groups in total. The lowest BCUT2D eigenvalue weighted by Gasteiger charge is -2.35. The number of benzene rings is 2. The lowest BCUT2D eigenvalue weighted by atomic mass is 10.1. The van der Waals surface area contributed by atoms with Gasteiger partial charge in [-0.2, -0.15) is 0 Å². The van der Waals surface area contributed by atoms with Gasteiger partial charge in [-0.25, -0.2) is 9.97 Å². The molecule has 1 saturated heterocycles. The summed E-state index contributed by atoms with van der Waals surface area (Å²) in [6.45, 7) is 5.38. The van der Waals surface area contributed by atoms with Crippen LogP contribution in [0, 0.1) is 0 Å². The Hall–Kier alpha value is -4.13. The second-order valence-electron chi connectivity index (χ2n) is 8.14. The molecule has 0 spiro atoms. The van der Waals surface area contributed by atoms with Gasteiger partial charge < -0.3 is 19.1 Å². The Balaban J connectivity index is 1.22. The number of hydrogen-bond acceptors (Lipinski definition) is 5. The second kappa shape index (κ2) is 9.79. The lowest BCUT2D eigenvalue weighted by Crippen LogP contribution is -2.49. The van der Waals surface area contributed by atoms with E-state index in [9.17, 15) is 4.79 Å². The molecule has 1 aliphatic rings. The molecule has 1 aliphatic heterocycles. The van der Waals surface area contributed by atoms with Gasteiger partial charge in [-0.05, 0) is 67.6 Å². The van der Waals surface area contributed by atoms with Gasteiger partial charge in [0.05, 0.1) is 12.3 Å². The number of nitrogens with zero attached hydrogens (tertiary/aromatic N) is 5. The van der Waals surface area contributed by atoms with Crippen LogP contribution >= 0.6 is 0 Å². The van der Waals surface area contributed by atoms with Crippen molar-refractivity contribution in [1.82, 2.24) is 19.4 Å². The zero-order chi connectivity index (χ0) is 23.3. The van der Waals surface area contributed by atoms with E-state index in [1.54, 1.807) is 6.33 Å². The van der Waals surface area contributed by atoms with Crippen LogP contribution in [0.5, 0.6) is 5.75 Å². The summed E-state index contributed by atoms with van der Waals surface area (Å²) in [7, 11) is 0. The number of carbonyl (C=O) groups is 1. The van der Waals surface area contributed by atoms with Crippen LogP contribution < -0.4 is 9.64 Å². The Kier molecular flexibility index (Phi) is 6.25. The van der Waals surface area contributed by atoms with Gasteiger partial charge in [-0.1, -0.05) is 0 Å². The third kappa shape index (κ3) is 4.64. The minimum atomic E-state index is 0.0662. The van der Waals surface area contributed by atoms with E-state index in [1.807, 2.05) is 95.5 Å². The molecule has 172 valence electrons. The first-order chi connectivity index (χ1) is 16.7. The molecular formula is C27H27N5O2. The molecular weight excluding hydrogens is 426 g/mol. The normalized spacial score (nSPS) is 13.7. The molecule has 7 heteroatoms. The summed E-state index contributed by atoms with van der Waals surface area (Å²) in [5.74, 6) is 1.79. The summed E-state index contributed by atoms with van der Waals surface area (Å²) in [6, 6.07) is 21.7. The fourth-order valence-electron chi connectivity index (χ4n) is 4.17. The smallest absolute Gasteiger partial charge is 0.253 e. The number of amides is 1. The highest BCUT2D eigenvalue weighted by Gasteiger charge is 2.23. The molecule has 2 aromatic carbocycles. The van der Waals surface area contributed by atoms with Gasteiger partial charge in [0, 0.05) is 61.5 Å². The zero-order valence-corrected chi connectivity index (χ0v) is 19.2. The molecule has 5 rings (SSSR count). The standard InChI is InChI=1S/C27H27N5O2/c1-2-34-24-11-7-21(8-12-24)25-19-26(29-20-28-25)31-15-17-32(18-16-31)27(33)22-5-9-23(10-6-22)30-13-3-4-14-30/h3-14,19-20H,2,15-18H2,1H3. The van der Waals surface area contributed by atoms with Gasteiger partial charge in [-0.15, -0.1) is 0 Å². The number of aromatic nitrogens is 3. The maximum absolute atomic E-state index is 13.0. The number of ether oxygens (including phenoxy) is 1. The minimum Gasteiger partial charge on any atom is -0.494 e. The van der Waals surface area contributed by atoms with E-state index in [4.69, 9.17) is 4.74 Å². The van der Waals surface area contributed by atoms with E-state index in [0.29, 0.717) is 25.3 Å². The molecule has 34 heavy (non-hydrogen) atoms. The number of carbonyl (C=O) groups excluding carboxylic acids is 1. The number of rotatable bonds is 6. The molecule has 0 aliphatic carbocycles. The Bertz CT molecular complexity index is 1230. The first kappa shape index (κ1) is 21.7. The van der Waals surface area contributed by atoms with E-state index in [2.05, 4.69) is 14.9 Å². The third-order valence-electron chi connectivity index (χ3n) is 6.02. The van der Waals surface area contributed by atoms with E-state index in [0.717, 1.165) is 41.6 Å². The summed E-state index contributed by atoms with van der Waals surface area (Å²) < 4.78 is 7.55. The minimum absolute atomic E-state index is 0.0662. The summed E-state index contributed by atoms with van der Waals surface area (Å²) in [5.41, 5.74) is 3.64. The summed E-state index contributed by atoms with van der Waals surface area (Å²) in [5, 5.41) is 0. The van der Waals surface area contributed by atoms with Crippen LogP contribution in [0.1, 0.15) is 17.3 Å². The van der Waals surface area contributed by atoms with Gasteiger partial charge in [0.25, 0.3) is 5.91 Å². The van der Waals surface area contributed by atoms with E-state index >= 15 is 0 Å². The van der Waals surface area contributed by atoms with E-state index in [1.165, 1.54) is 0 Å². The first-order valence-electron chi connectivity index (χ1n) is 11.5. The average molecular weight is 454 g/mol. The molecule has 4 aromatic rings.